The van der Waals surface area contributed by atoms with Gasteiger partial charge >= 0.3 is 0 Å². The van der Waals surface area contributed by atoms with Gasteiger partial charge < -0.3 is 14.5 Å². The van der Waals surface area contributed by atoms with Crippen molar-refractivity contribution in [2.45, 2.75) is 38.5 Å². The van der Waals surface area contributed by atoms with Gasteiger partial charge in [0.1, 0.15) is 11.5 Å². The lowest BCUT2D eigenvalue weighted by molar-refractivity contribution is -0.136. The Hall–Kier alpha value is -3.15. The summed E-state index contributed by atoms with van der Waals surface area (Å²) in [5.41, 5.74) is 0.642. The third-order valence-electron chi connectivity index (χ3n) is 6.28. The topological polar surface area (TPSA) is 66.9 Å². The van der Waals surface area contributed by atoms with Crippen molar-refractivity contribution >= 4 is 17.6 Å². The van der Waals surface area contributed by atoms with Crippen molar-refractivity contribution in [3.8, 4) is 11.5 Å². The maximum Gasteiger partial charge on any atom is 0.224 e. The maximum absolute atomic E-state index is 13.1. The second kappa shape index (κ2) is 10.4. The van der Waals surface area contributed by atoms with Gasteiger partial charge in [-0.2, -0.15) is 0 Å². The number of rotatable bonds is 7. The summed E-state index contributed by atoms with van der Waals surface area (Å²) in [6, 6.07) is 16.7. The highest BCUT2D eigenvalue weighted by atomic mass is 16.5. The Balaban J connectivity index is 1.30. The molecule has 0 unspecified atom stereocenters. The van der Waals surface area contributed by atoms with E-state index < -0.39 is 0 Å². The number of amides is 2. The number of Topliss-reactive ketones (excluding diaryl/α,β-unsaturated/α-hetero) is 1. The summed E-state index contributed by atoms with van der Waals surface area (Å²) in [5.74, 6) is 1.49. The first-order valence-electron chi connectivity index (χ1n) is 11.5. The first-order chi connectivity index (χ1) is 15.6. The number of benzene rings is 2. The zero-order chi connectivity index (χ0) is 22.3. The van der Waals surface area contributed by atoms with Gasteiger partial charge in [0.2, 0.25) is 11.8 Å². The number of para-hydroxylation sites is 1. The monoisotopic (exact) mass is 434 g/mol. The largest absolute Gasteiger partial charge is 0.457 e. The minimum atomic E-state index is -0.190. The molecular formula is C26H30N2O4. The smallest absolute Gasteiger partial charge is 0.224 e. The fraction of sp³-hybridized carbons (Fsp3) is 0.423. The first kappa shape index (κ1) is 22.1. The van der Waals surface area contributed by atoms with E-state index in [1.54, 1.807) is 21.9 Å². The number of ether oxygens (including phenoxy) is 1. The fourth-order valence-corrected chi connectivity index (χ4v) is 4.45. The molecule has 32 heavy (non-hydrogen) atoms. The van der Waals surface area contributed by atoms with E-state index in [-0.39, 0.29) is 23.5 Å². The van der Waals surface area contributed by atoms with Gasteiger partial charge in [0.05, 0.1) is 0 Å². The minimum Gasteiger partial charge on any atom is -0.457 e. The number of piperidine rings is 2. The van der Waals surface area contributed by atoms with Gasteiger partial charge in [-0.1, -0.05) is 18.2 Å². The Morgan fingerprint density at radius 1 is 0.906 bits per heavy atom. The predicted molar refractivity (Wildman–Crippen MR) is 122 cm³/mol. The van der Waals surface area contributed by atoms with Crippen LogP contribution in [0.25, 0.3) is 0 Å². The Labute approximate surface area is 189 Å². The van der Waals surface area contributed by atoms with Gasteiger partial charge in [0, 0.05) is 50.5 Å². The van der Waals surface area contributed by atoms with Gasteiger partial charge in [0.25, 0.3) is 0 Å². The van der Waals surface area contributed by atoms with Crippen LogP contribution < -0.4 is 4.74 Å². The predicted octanol–water partition coefficient (Wildman–Crippen LogP) is 4.30. The molecule has 2 fully saturated rings. The van der Waals surface area contributed by atoms with Gasteiger partial charge in [-0.3, -0.25) is 14.4 Å². The van der Waals surface area contributed by atoms with Crippen LogP contribution in [0.1, 0.15) is 48.9 Å². The lowest BCUT2D eigenvalue weighted by Crippen LogP contribution is -2.44. The van der Waals surface area contributed by atoms with Crippen molar-refractivity contribution in [2.75, 3.05) is 26.2 Å². The average Bonchev–Trinajstić information content (AvgIpc) is 2.84. The van der Waals surface area contributed by atoms with E-state index in [4.69, 9.17) is 4.74 Å². The highest BCUT2D eigenvalue weighted by molar-refractivity contribution is 5.98. The minimum absolute atomic E-state index is 0.0347. The third kappa shape index (κ3) is 5.55. The van der Waals surface area contributed by atoms with E-state index in [0.717, 1.165) is 38.0 Å². The molecule has 2 amide bonds. The molecule has 0 saturated carbocycles. The van der Waals surface area contributed by atoms with Crippen molar-refractivity contribution in [1.29, 1.82) is 0 Å². The number of hydrogen-bond acceptors (Lipinski definition) is 4. The summed E-state index contributed by atoms with van der Waals surface area (Å²) < 4.78 is 5.80. The van der Waals surface area contributed by atoms with Crippen LogP contribution in [-0.2, 0) is 9.59 Å². The molecule has 0 N–H and O–H groups in total. The maximum atomic E-state index is 13.1. The summed E-state index contributed by atoms with van der Waals surface area (Å²) >= 11 is 0. The molecule has 1 atom stereocenters. The van der Waals surface area contributed by atoms with Crippen LogP contribution in [0.5, 0.6) is 11.5 Å². The molecule has 0 aliphatic carbocycles. The molecule has 6 heteroatoms. The van der Waals surface area contributed by atoms with Crippen molar-refractivity contribution < 1.29 is 19.1 Å². The standard InChI is InChI=1S/C26H30N2O4/c29-24-10-4-5-16-27(24)18-15-25(30)28-17-6-7-21(19-28)26(31)20-11-13-23(14-12-20)32-22-8-2-1-3-9-22/h1-3,8-9,11-14,21H,4-7,10,15-19H2/t21-/m1/s1. The number of nitrogens with zero attached hydrogens (tertiary/aromatic N) is 2. The van der Waals surface area contributed by atoms with Gasteiger partial charge in [-0.05, 0) is 62.1 Å². The molecule has 0 aromatic heterocycles. The Kier molecular flexibility index (Phi) is 7.20. The Morgan fingerprint density at radius 3 is 2.41 bits per heavy atom. The molecule has 0 bridgehead atoms. The molecule has 6 nitrogen and oxygen atoms in total. The van der Waals surface area contributed by atoms with Gasteiger partial charge in [-0.15, -0.1) is 0 Å². The van der Waals surface area contributed by atoms with Crippen molar-refractivity contribution in [2.24, 2.45) is 5.92 Å². The number of ketones is 1. The van der Waals surface area contributed by atoms with E-state index in [9.17, 15) is 14.4 Å². The van der Waals surface area contributed by atoms with Crippen LogP contribution in [0.2, 0.25) is 0 Å². The van der Waals surface area contributed by atoms with E-state index in [1.165, 1.54) is 0 Å². The molecule has 0 spiro atoms. The Bertz CT molecular complexity index is 942. The SMILES string of the molecule is O=C(c1ccc(Oc2ccccc2)cc1)[C@@H]1CCCN(C(=O)CCN2CCCCC2=O)C1. The van der Waals surface area contributed by atoms with Gasteiger partial charge in [0.15, 0.2) is 5.78 Å². The van der Waals surface area contributed by atoms with E-state index in [2.05, 4.69) is 0 Å². The number of carbonyl (C=O) groups excluding carboxylic acids is 3. The quantitative estimate of drug-likeness (QED) is 0.610. The van der Waals surface area contributed by atoms with E-state index in [0.29, 0.717) is 43.8 Å². The lowest BCUT2D eigenvalue weighted by Gasteiger charge is -2.33. The second-order valence-electron chi connectivity index (χ2n) is 8.57. The fourth-order valence-electron chi connectivity index (χ4n) is 4.45. The molecule has 168 valence electrons. The normalized spacial score (nSPS) is 19.0. The average molecular weight is 435 g/mol. The molecule has 2 aliphatic rings. The van der Waals surface area contributed by atoms with Crippen LogP contribution in [0.4, 0.5) is 0 Å². The van der Waals surface area contributed by atoms with E-state index in [1.807, 2.05) is 42.5 Å². The highest BCUT2D eigenvalue weighted by Crippen LogP contribution is 2.25. The van der Waals surface area contributed by atoms with Crippen LogP contribution in [-0.4, -0.2) is 53.6 Å². The van der Waals surface area contributed by atoms with Crippen molar-refractivity contribution in [3.05, 3.63) is 60.2 Å². The molecule has 2 heterocycles. The molecular weight excluding hydrogens is 404 g/mol. The zero-order valence-corrected chi connectivity index (χ0v) is 18.4. The molecule has 2 aromatic carbocycles. The second-order valence-corrected chi connectivity index (χ2v) is 8.57. The number of hydrogen-bond donors (Lipinski definition) is 0. The third-order valence-corrected chi connectivity index (χ3v) is 6.28. The molecule has 2 aromatic rings. The summed E-state index contributed by atoms with van der Waals surface area (Å²) in [7, 11) is 0. The van der Waals surface area contributed by atoms with Crippen LogP contribution in [0.15, 0.2) is 54.6 Å². The first-order valence-corrected chi connectivity index (χ1v) is 11.5. The summed E-state index contributed by atoms with van der Waals surface area (Å²) in [4.78, 5) is 41.3. The summed E-state index contributed by atoms with van der Waals surface area (Å²) in [5, 5.41) is 0. The molecule has 0 radical (unpaired) electrons. The van der Waals surface area contributed by atoms with Crippen LogP contribution in [0.3, 0.4) is 0 Å². The van der Waals surface area contributed by atoms with Crippen LogP contribution >= 0.6 is 0 Å². The number of carbonyl (C=O) groups is 3. The molecule has 2 saturated heterocycles. The van der Waals surface area contributed by atoms with Gasteiger partial charge in [-0.25, -0.2) is 0 Å². The summed E-state index contributed by atoms with van der Waals surface area (Å²) in [6.45, 7) is 2.36. The summed E-state index contributed by atoms with van der Waals surface area (Å²) in [6.07, 6.45) is 4.48. The van der Waals surface area contributed by atoms with Crippen molar-refractivity contribution in [1.82, 2.24) is 9.80 Å². The highest BCUT2D eigenvalue weighted by Gasteiger charge is 2.29. The van der Waals surface area contributed by atoms with E-state index >= 15 is 0 Å². The Morgan fingerprint density at radius 2 is 1.66 bits per heavy atom. The van der Waals surface area contributed by atoms with Crippen LogP contribution in [0, 0.1) is 5.92 Å². The molecule has 4 rings (SSSR count). The number of likely N-dealkylation sites (tertiary alicyclic amines) is 2. The molecule has 2 aliphatic heterocycles. The zero-order valence-electron chi connectivity index (χ0n) is 18.4. The lowest BCUT2D eigenvalue weighted by atomic mass is 9.90. The van der Waals surface area contributed by atoms with Crippen molar-refractivity contribution in [3.63, 3.8) is 0 Å².